The molecule has 1 aromatic carbocycles. The highest BCUT2D eigenvalue weighted by Crippen LogP contribution is 2.33. The number of nitrogens with zero attached hydrogens (tertiary/aromatic N) is 2. The molecule has 0 spiro atoms. The maximum atomic E-state index is 13.4. The van der Waals surface area contributed by atoms with Gasteiger partial charge in [0.1, 0.15) is 5.82 Å². The minimum absolute atomic E-state index is 0.229. The molecule has 0 radical (unpaired) electrons. The van der Waals surface area contributed by atoms with Crippen LogP contribution in [0.2, 0.25) is 5.02 Å². The quantitative estimate of drug-likeness (QED) is 0.686. The van der Waals surface area contributed by atoms with Gasteiger partial charge in [0, 0.05) is 30.9 Å². The molecule has 29 heavy (non-hydrogen) atoms. The van der Waals surface area contributed by atoms with Crippen LogP contribution >= 0.6 is 23.8 Å². The third-order valence-corrected chi connectivity index (χ3v) is 5.53. The number of benzene rings is 1. The number of amides is 1. The van der Waals surface area contributed by atoms with E-state index in [9.17, 15) is 9.18 Å². The Morgan fingerprint density at radius 1 is 1.48 bits per heavy atom. The van der Waals surface area contributed by atoms with E-state index in [1.54, 1.807) is 29.1 Å². The lowest BCUT2D eigenvalue weighted by atomic mass is 9.90. The van der Waals surface area contributed by atoms with Crippen molar-refractivity contribution in [1.82, 2.24) is 15.1 Å². The van der Waals surface area contributed by atoms with Crippen LogP contribution < -0.4 is 11.1 Å². The maximum absolute atomic E-state index is 13.4. The largest absolute Gasteiger partial charge is 0.348 e. The Bertz CT molecular complexity index is 1010. The number of thiocarbonyl (C=S) groups is 1. The number of aromatic nitrogens is 2. The Balaban J connectivity index is 1.79. The minimum atomic E-state index is -0.329. The fourth-order valence-corrected chi connectivity index (χ4v) is 3.97. The van der Waals surface area contributed by atoms with Crippen molar-refractivity contribution in [2.24, 2.45) is 12.8 Å². The van der Waals surface area contributed by atoms with Gasteiger partial charge in [-0.05, 0) is 48.3 Å². The number of halogens is 2. The zero-order valence-corrected chi connectivity index (χ0v) is 17.8. The van der Waals surface area contributed by atoms with Crippen LogP contribution in [0.5, 0.6) is 0 Å². The van der Waals surface area contributed by atoms with Crippen molar-refractivity contribution in [2.75, 3.05) is 6.54 Å². The highest BCUT2D eigenvalue weighted by Gasteiger charge is 2.26. The molecule has 0 fully saturated rings. The van der Waals surface area contributed by atoms with Crippen LogP contribution in [0.1, 0.15) is 24.6 Å². The molecule has 1 aliphatic rings. The summed E-state index contributed by atoms with van der Waals surface area (Å²) in [6.45, 7) is 2.15. The summed E-state index contributed by atoms with van der Waals surface area (Å²) in [5.41, 5.74) is 9.69. The van der Waals surface area contributed by atoms with E-state index in [2.05, 4.69) is 10.4 Å². The Morgan fingerprint density at radius 3 is 2.86 bits per heavy atom. The van der Waals surface area contributed by atoms with Gasteiger partial charge in [0.05, 0.1) is 22.5 Å². The fraction of sp³-hybridized carbons (Fsp3) is 0.286. The van der Waals surface area contributed by atoms with Crippen molar-refractivity contribution in [2.45, 2.75) is 25.8 Å². The summed E-state index contributed by atoms with van der Waals surface area (Å²) in [4.78, 5) is 13.4. The van der Waals surface area contributed by atoms with Crippen LogP contribution in [0.4, 0.5) is 4.39 Å². The normalized spacial score (nSPS) is 15.3. The summed E-state index contributed by atoms with van der Waals surface area (Å²) in [6, 6.07) is 5.93. The summed E-state index contributed by atoms with van der Waals surface area (Å²) >= 11 is 11.8. The zero-order chi connectivity index (χ0) is 21.1. The van der Waals surface area contributed by atoms with Crippen molar-refractivity contribution in [3.05, 3.63) is 69.8 Å². The second kappa shape index (κ2) is 8.98. The number of aryl methyl sites for hydroxylation is 1. The molecule has 0 saturated carbocycles. The zero-order valence-electron chi connectivity index (χ0n) is 16.2. The second-order valence-corrected chi connectivity index (χ2v) is 7.92. The van der Waals surface area contributed by atoms with Crippen LogP contribution in [0, 0.1) is 5.82 Å². The molecule has 1 heterocycles. The Hall–Kier alpha value is -2.35. The molecule has 1 aromatic heterocycles. The average molecular weight is 433 g/mol. The van der Waals surface area contributed by atoms with Crippen molar-refractivity contribution >= 4 is 40.2 Å². The van der Waals surface area contributed by atoms with E-state index in [4.69, 9.17) is 29.6 Å². The van der Waals surface area contributed by atoms with Gasteiger partial charge in [-0.3, -0.25) is 9.48 Å². The summed E-state index contributed by atoms with van der Waals surface area (Å²) in [7, 11) is 1.81. The van der Waals surface area contributed by atoms with E-state index in [1.165, 1.54) is 12.1 Å². The molecular formula is C21H22ClFN4OS. The Kier molecular flexibility index (Phi) is 6.62. The molecule has 8 heteroatoms. The molecule has 0 bridgehead atoms. The standard InChI is InChI=1S/C21H22ClFN4OS/c1-12-6-17(19(29)9-16(12)20-18(22)11-25-27(20)2)21(28)26-15(10-24)8-13-4-3-5-14(23)7-13/h3-7,11,15H,8-10,24H2,1-2H3,(H,26,28)/t15-/m0/s1. The number of carbonyl (C=O) groups is 1. The SMILES string of the molecule is CC1=C(c2c(Cl)cnn2C)CC(=S)C(C(=O)N[C@H](CN)Cc2cccc(F)c2)=C1. The molecule has 1 aliphatic carbocycles. The summed E-state index contributed by atoms with van der Waals surface area (Å²) in [6.07, 6.45) is 4.22. The van der Waals surface area contributed by atoms with E-state index in [1.807, 2.05) is 14.0 Å². The van der Waals surface area contributed by atoms with Crippen molar-refractivity contribution in [3.8, 4) is 0 Å². The Labute approximate surface area is 179 Å². The maximum Gasteiger partial charge on any atom is 0.252 e. The summed E-state index contributed by atoms with van der Waals surface area (Å²) in [5.74, 6) is -0.598. The van der Waals surface area contributed by atoms with Crippen LogP contribution in [0.25, 0.3) is 5.57 Å². The van der Waals surface area contributed by atoms with Gasteiger partial charge in [0.15, 0.2) is 0 Å². The third-order valence-electron chi connectivity index (χ3n) is 4.89. The first-order valence-electron chi connectivity index (χ1n) is 9.18. The number of hydrogen-bond acceptors (Lipinski definition) is 4. The molecule has 0 saturated heterocycles. The highest BCUT2D eigenvalue weighted by molar-refractivity contribution is 7.81. The van der Waals surface area contributed by atoms with Gasteiger partial charge in [-0.2, -0.15) is 5.10 Å². The Morgan fingerprint density at radius 2 is 2.24 bits per heavy atom. The van der Waals surface area contributed by atoms with Crippen LogP contribution in [0.3, 0.4) is 0 Å². The van der Waals surface area contributed by atoms with Crippen molar-refractivity contribution in [1.29, 1.82) is 0 Å². The van der Waals surface area contributed by atoms with E-state index in [-0.39, 0.29) is 24.3 Å². The monoisotopic (exact) mass is 432 g/mol. The van der Waals surface area contributed by atoms with E-state index in [0.29, 0.717) is 28.3 Å². The lowest BCUT2D eigenvalue weighted by molar-refractivity contribution is -0.117. The van der Waals surface area contributed by atoms with Gasteiger partial charge >= 0.3 is 0 Å². The molecule has 3 rings (SSSR count). The van der Waals surface area contributed by atoms with Crippen molar-refractivity contribution in [3.63, 3.8) is 0 Å². The van der Waals surface area contributed by atoms with Gasteiger partial charge in [-0.1, -0.05) is 36.0 Å². The lowest BCUT2D eigenvalue weighted by Gasteiger charge is -2.22. The molecule has 1 atom stereocenters. The van der Waals surface area contributed by atoms with Gasteiger partial charge in [-0.25, -0.2) is 4.39 Å². The molecule has 152 valence electrons. The van der Waals surface area contributed by atoms with Gasteiger partial charge in [0.2, 0.25) is 0 Å². The molecule has 0 aliphatic heterocycles. The van der Waals surface area contributed by atoms with Gasteiger partial charge in [0.25, 0.3) is 5.91 Å². The smallest absolute Gasteiger partial charge is 0.252 e. The highest BCUT2D eigenvalue weighted by atomic mass is 35.5. The minimum Gasteiger partial charge on any atom is -0.348 e. The number of rotatable bonds is 6. The van der Waals surface area contributed by atoms with Gasteiger partial charge in [-0.15, -0.1) is 0 Å². The molecule has 5 nitrogen and oxygen atoms in total. The van der Waals surface area contributed by atoms with Crippen molar-refractivity contribution < 1.29 is 9.18 Å². The fourth-order valence-electron chi connectivity index (χ4n) is 3.40. The van der Waals surface area contributed by atoms with E-state index < -0.39 is 0 Å². The topological polar surface area (TPSA) is 72.9 Å². The van der Waals surface area contributed by atoms with E-state index >= 15 is 0 Å². The second-order valence-electron chi connectivity index (χ2n) is 7.02. The lowest BCUT2D eigenvalue weighted by Crippen LogP contribution is -2.43. The van der Waals surface area contributed by atoms with E-state index in [0.717, 1.165) is 22.4 Å². The molecule has 3 N–H and O–H groups in total. The predicted molar refractivity (Wildman–Crippen MR) is 117 cm³/mol. The summed E-state index contributed by atoms with van der Waals surface area (Å²) in [5, 5.41) is 7.63. The number of carbonyl (C=O) groups excluding carboxylic acids is 1. The van der Waals surface area contributed by atoms with Crippen LogP contribution in [-0.2, 0) is 18.3 Å². The predicted octanol–water partition coefficient (Wildman–Crippen LogP) is 3.37. The van der Waals surface area contributed by atoms with Crippen LogP contribution in [-0.4, -0.2) is 33.1 Å². The number of nitrogens with two attached hydrogens (primary N) is 1. The molecule has 1 amide bonds. The first-order chi connectivity index (χ1) is 13.8. The first-order valence-corrected chi connectivity index (χ1v) is 9.96. The molecule has 0 unspecified atom stereocenters. The summed E-state index contributed by atoms with van der Waals surface area (Å²) < 4.78 is 15.1. The number of allylic oxidation sites excluding steroid dienone is 3. The van der Waals surface area contributed by atoms with Crippen LogP contribution in [0.15, 0.2) is 47.7 Å². The van der Waals surface area contributed by atoms with Gasteiger partial charge < -0.3 is 11.1 Å². The third kappa shape index (κ3) is 4.80. The average Bonchev–Trinajstić information content (AvgIpc) is 3.01. The first kappa shape index (κ1) is 21.4. The molecular weight excluding hydrogens is 411 g/mol. The number of nitrogens with one attached hydrogen (secondary N) is 1. The number of hydrogen-bond donors (Lipinski definition) is 2. The molecule has 2 aromatic rings.